The van der Waals surface area contributed by atoms with E-state index in [1.807, 2.05) is 6.92 Å². The number of fused-ring (bicyclic) bond motifs is 1. The molecule has 1 aliphatic carbocycles. The summed E-state index contributed by atoms with van der Waals surface area (Å²) in [5, 5.41) is 12.7. The van der Waals surface area contributed by atoms with Crippen LogP contribution in [0.5, 0.6) is 0 Å². The maximum Gasteiger partial charge on any atom is 0.103 e. The Morgan fingerprint density at radius 3 is 3.05 bits per heavy atom. The molecule has 1 saturated heterocycles. The zero-order chi connectivity index (χ0) is 14.4. The van der Waals surface area contributed by atoms with Crippen molar-refractivity contribution in [2.45, 2.75) is 70.1 Å². The lowest BCUT2D eigenvalue weighted by atomic mass is 9.97. The van der Waals surface area contributed by atoms with Crippen LogP contribution in [0.2, 0.25) is 0 Å². The third-order valence-corrected chi connectivity index (χ3v) is 4.73. The molecule has 0 spiro atoms. The zero-order valence-electron chi connectivity index (χ0n) is 13.0. The van der Waals surface area contributed by atoms with Crippen LogP contribution in [0.25, 0.3) is 0 Å². The fourth-order valence-corrected chi connectivity index (χ4v) is 3.50. The van der Waals surface area contributed by atoms with Gasteiger partial charge >= 0.3 is 0 Å². The van der Waals surface area contributed by atoms with E-state index in [0.29, 0.717) is 12.1 Å². The van der Waals surface area contributed by atoms with Gasteiger partial charge in [-0.25, -0.2) is 0 Å². The van der Waals surface area contributed by atoms with E-state index in [-0.39, 0.29) is 5.54 Å². The molecule has 0 bridgehead atoms. The van der Waals surface area contributed by atoms with E-state index in [2.05, 4.69) is 23.2 Å². The Morgan fingerprint density at radius 1 is 1.45 bits per heavy atom. The van der Waals surface area contributed by atoms with Crippen LogP contribution in [-0.4, -0.2) is 48.8 Å². The van der Waals surface area contributed by atoms with Crippen molar-refractivity contribution < 1.29 is 4.74 Å². The number of morpholine rings is 1. The molecule has 1 N–H and O–H groups in total. The van der Waals surface area contributed by atoms with Crippen LogP contribution < -0.4 is 5.32 Å². The second-order valence-corrected chi connectivity index (χ2v) is 6.42. The van der Waals surface area contributed by atoms with Crippen LogP contribution >= 0.6 is 0 Å². The molecule has 2 fully saturated rings. The van der Waals surface area contributed by atoms with E-state index in [9.17, 15) is 5.26 Å². The van der Waals surface area contributed by atoms with Gasteiger partial charge in [-0.15, -0.1) is 0 Å². The van der Waals surface area contributed by atoms with Crippen molar-refractivity contribution >= 4 is 0 Å². The monoisotopic (exact) mass is 279 g/mol. The van der Waals surface area contributed by atoms with Gasteiger partial charge in [-0.3, -0.25) is 10.2 Å². The van der Waals surface area contributed by atoms with Crippen LogP contribution in [0.1, 0.15) is 52.4 Å². The van der Waals surface area contributed by atoms with Gasteiger partial charge in [-0.1, -0.05) is 6.92 Å². The molecule has 0 amide bonds. The maximum absolute atomic E-state index is 9.35. The average molecular weight is 279 g/mol. The summed E-state index contributed by atoms with van der Waals surface area (Å²) >= 11 is 0. The Balaban J connectivity index is 1.75. The lowest BCUT2D eigenvalue weighted by molar-refractivity contribution is -0.0560. The number of ether oxygens (including phenoxy) is 1. The minimum absolute atomic E-state index is 0.364. The van der Waals surface area contributed by atoms with Crippen LogP contribution in [0.3, 0.4) is 0 Å². The summed E-state index contributed by atoms with van der Waals surface area (Å²) < 4.78 is 5.85. The number of hydrogen-bond donors (Lipinski definition) is 1. The van der Waals surface area contributed by atoms with Gasteiger partial charge in [0.25, 0.3) is 0 Å². The van der Waals surface area contributed by atoms with Gasteiger partial charge < -0.3 is 4.74 Å². The van der Waals surface area contributed by atoms with Crippen molar-refractivity contribution in [3.8, 4) is 6.07 Å². The van der Waals surface area contributed by atoms with Gasteiger partial charge in [0.2, 0.25) is 0 Å². The van der Waals surface area contributed by atoms with Crippen molar-refractivity contribution in [3.05, 3.63) is 0 Å². The second kappa shape index (κ2) is 7.40. The highest BCUT2D eigenvalue weighted by atomic mass is 16.5. The highest BCUT2D eigenvalue weighted by molar-refractivity contribution is 5.03. The molecule has 0 radical (unpaired) electrons. The molecule has 114 valence electrons. The third kappa shape index (κ3) is 3.94. The smallest absolute Gasteiger partial charge is 0.103 e. The Labute approximate surface area is 123 Å². The first-order valence-corrected chi connectivity index (χ1v) is 8.20. The van der Waals surface area contributed by atoms with Gasteiger partial charge in [0, 0.05) is 12.6 Å². The highest BCUT2D eigenvalue weighted by Crippen LogP contribution is 2.30. The van der Waals surface area contributed by atoms with Gasteiger partial charge in [-0.2, -0.15) is 5.26 Å². The molecular formula is C16H29N3O. The van der Waals surface area contributed by atoms with Gasteiger partial charge in [0.05, 0.1) is 18.8 Å². The molecule has 1 aliphatic heterocycles. The molecule has 0 aromatic rings. The molecule has 2 rings (SSSR count). The quantitative estimate of drug-likeness (QED) is 0.777. The highest BCUT2D eigenvalue weighted by Gasteiger charge is 2.35. The van der Waals surface area contributed by atoms with Crippen molar-refractivity contribution in [3.63, 3.8) is 0 Å². The van der Waals surface area contributed by atoms with Crippen LogP contribution in [0.4, 0.5) is 0 Å². The van der Waals surface area contributed by atoms with E-state index in [1.54, 1.807) is 0 Å². The minimum Gasteiger partial charge on any atom is -0.375 e. The van der Waals surface area contributed by atoms with E-state index in [4.69, 9.17) is 4.74 Å². The van der Waals surface area contributed by atoms with E-state index in [1.165, 1.54) is 19.3 Å². The molecule has 20 heavy (non-hydrogen) atoms. The molecule has 2 aliphatic rings. The second-order valence-electron chi connectivity index (χ2n) is 6.42. The van der Waals surface area contributed by atoms with E-state index in [0.717, 1.165) is 45.5 Å². The Kier molecular flexibility index (Phi) is 5.83. The molecule has 0 aromatic carbocycles. The first-order chi connectivity index (χ1) is 9.68. The topological polar surface area (TPSA) is 48.3 Å². The summed E-state index contributed by atoms with van der Waals surface area (Å²) in [5.74, 6) is 0. The Morgan fingerprint density at radius 2 is 2.30 bits per heavy atom. The zero-order valence-corrected chi connectivity index (χ0v) is 13.0. The van der Waals surface area contributed by atoms with Crippen molar-refractivity contribution in [2.75, 3.05) is 26.2 Å². The number of nitrogens with one attached hydrogen (secondary N) is 1. The first-order valence-electron chi connectivity index (χ1n) is 8.20. The predicted octanol–water partition coefficient (Wildman–Crippen LogP) is 2.30. The lowest BCUT2D eigenvalue weighted by Crippen LogP contribution is -2.49. The van der Waals surface area contributed by atoms with Gasteiger partial charge in [0.1, 0.15) is 5.54 Å². The normalized spacial score (nSPS) is 29.6. The number of rotatable bonds is 7. The fraction of sp³-hybridized carbons (Fsp3) is 0.938. The van der Waals surface area contributed by atoms with Crippen LogP contribution in [-0.2, 0) is 4.74 Å². The molecule has 1 saturated carbocycles. The van der Waals surface area contributed by atoms with Crippen molar-refractivity contribution in [1.82, 2.24) is 10.2 Å². The standard InChI is InChI=1S/C16H29N3O/c1-3-9-18-16(2,13-17)8-5-10-19-11-12-20-15-7-4-6-14(15)19/h14-15,18H,3-12H2,1-2H3. The SMILES string of the molecule is CCCNC(C)(C#N)CCCN1CCOC2CCCC21. The summed E-state index contributed by atoms with van der Waals surface area (Å²) in [6.07, 6.45) is 7.39. The summed E-state index contributed by atoms with van der Waals surface area (Å²) in [7, 11) is 0. The van der Waals surface area contributed by atoms with Crippen molar-refractivity contribution in [2.24, 2.45) is 0 Å². The first kappa shape index (κ1) is 15.8. The van der Waals surface area contributed by atoms with E-state index >= 15 is 0 Å². The van der Waals surface area contributed by atoms with E-state index < -0.39 is 0 Å². The molecule has 3 unspecified atom stereocenters. The Hall–Kier alpha value is -0.630. The molecule has 4 nitrogen and oxygen atoms in total. The number of nitrogens with zero attached hydrogens (tertiary/aromatic N) is 2. The maximum atomic E-state index is 9.35. The van der Waals surface area contributed by atoms with Gasteiger partial charge in [-0.05, 0) is 58.5 Å². The largest absolute Gasteiger partial charge is 0.375 e. The summed E-state index contributed by atoms with van der Waals surface area (Å²) in [6, 6.07) is 3.08. The number of nitriles is 1. The predicted molar refractivity (Wildman–Crippen MR) is 80.5 cm³/mol. The average Bonchev–Trinajstić information content (AvgIpc) is 2.94. The van der Waals surface area contributed by atoms with Gasteiger partial charge in [0.15, 0.2) is 0 Å². The van der Waals surface area contributed by atoms with Crippen LogP contribution in [0.15, 0.2) is 0 Å². The Bertz CT molecular complexity index is 341. The molecule has 3 atom stereocenters. The van der Waals surface area contributed by atoms with Crippen LogP contribution in [0, 0.1) is 11.3 Å². The van der Waals surface area contributed by atoms with Crippen molar-refractivity contribution in [1.29, 1.82) is 5.26 Å². The summed E-state index contributed by atoms with van der Waals surface area (Å²) in [4.78, 5) is 2.60. The summed E-state index contributed by atoms with van der Waals surface area (Å²) in [6.45, 7) is 8.14. The molecular weight excluding hydrogens is 250 g/mol. The molecule has 4 heteroatoms. The fourth-order valence-electron chi connectivity index (χ4n) is 3.50. The summed E-state index contributed by atoms with van der Waals surface area (Å²) in [5.41, 5.74) is -0.364. The molecule has 1 heterocycles. The third-order valence-electron chi connectivity index (χ3n) is 4.73. The lowest BCUT2D eigenvalue weighted by Gasteiger charge is -2.38. The molecule has 0 aromatic heterocycles. The minimum atomic E-state index is -0.364. The number of hydrogen-bond acceptors (Lipinski definition) is 4.